The van der Waals surface area contributed by atoms with Crippen molar-refractivity contribution in [1.82, 2.24) is 5.32 Å². The number of halogens is 1. The van der Waals surface area contributed by atoms with Crippen LogP contribution in [0.25, 0.3) is 0 Å². The molecule has 1 unspecified atom stereocenters. The van der Waals surface area contributed by atoms with E-state index in [2.05, 4.69) is 5.32 Å². The average Bonchev–Trinajstić information content (AvgIpc) is 2.64. The molecule has 0 saturated carbocycles. The van der Waals surface area contributed by atoms with Crippen LogP contribution >= 0.6 is 11.6 Å². The lowest BCUT2D eigenvalue weighted by molar-refractivity contribution is -0.119. The molecule has 3 N–H and O–H groups in total. The Balaban J connectivity index is 2.25. The zero-order valence-corrected chi connectivity index (χ0v) is 9.05. The van der Waals surface area contributed by atoms with Crippen LogP contribution in [0.3, 0.4) is 0 Å². The van der Waals surface area contributed by atoms with E-state index in [0.29, 0.717) is 24.5 Å². The molecule has 1 saturated heterocycles. The van der Waals surface area contributed by atoms with E-state index in [9.17, 15) is 4.79 Å². The van der Waals surface area contributed by atoms with Gasteiger partial charge in [0.05, 0.1) is 0 Å². The fourth-order valence-corrected chi connectivity index (χ4v) is 2.21. The first-order valence-electron chi connectivity index (χ1n) is 4.96. The first-order valence-corrected chi connectivity index (χ1v) is 5.33. The van der Waals surface area contributed by atoms with E-state index in [1.54, 1.807) is 0 Å². The van der Waals surface area contributed by atoms with Crippen molar-refractivity contribution >= 4 is 17.5 Å². The summed E-state index contributed by atoms with van der Waals surface area (Å²) in [5.41, 5.74) is 7.57. The number of rotatable bonds is 2. The van der Waals surface area contributed by atoms with Crippen molar-refractivity contribution < 1.29 is 4.79 Å². The van der Waals surface area contributed by atoms with Gasteiger partial charge in [-0.2, -0.15) is 0 Å². The van der Waals surface area contributed by atoms with Crippen LogP contribution in [0, 0.1) is 0 Å². The summed E-state index contributed by atoms with van der Waals surface area (Å²) in [7, 11) is 0. The number of benzene rings is 1. The summed E-state index contributed by atoms with van der Waals surface area (Å²) >= 11 is 6.14. The molecule has 1 atom stereocenters. The van der Waals surface area contributed by atoms with E-state index >= 15 is 0 Å². The summed E-state index contributed by atoms with van der Waals surface area (Å²) in [6.45, 7) is 1.17. The molecule has 3 nitrogen and oxygen atoms in total. The van der Waals surface area contributed by atoms with Gasteiger partial charge in [0.2, 0.25) is 5.91 Å². The standard InChI is InChI=1S/C11H13ClN2O/c12-10-3-7(5-13)1-2-9(10)8-4-11(15)14-6-8/h1-3,8H,4-6,13H2,(H,14,15). The molecular weight excluding hydrogens is 212 g/mol. The third kappa shape index (κ3) is 2.13. The molecular formula is C11H13ClN2O. The molecule has 1 aliphatic heterocycles. The van der Waals surface area contributed by atoms with Gasteiger partial charge in [0.1, 0.15) is 0 Å². The first-order chi connectivity index (χ1) is 7.20. The van der Waals surface area contributed by atoms with Crippen molar-refractivity contribution in [3.63, 3.8) is 0 Å². The van der Waals surface area contributed by atoms with Crippen LogP contribution in [0.4, 0.5) is 0 Å². The van der Waals surface area contributed by atoms with Gasteiger partial charge < -0.3 is 11.1 Å². The molecule has 0 aliphatic carbocycles. The van der Waals surface area contributed by atoms with Crippen molar-refractivity contribution in [3.8, 4) is 0 Å². The Bertz CT molecular complexity index is 392. The van der Waals surface area contributed by atoms with Crippen molar-refractivity contribution in [1.29, 1.82) is 0 Å². The van der Waals surface area contributed by atoms with Gasteiger partial charge in [-0.3, -0.25) is 4.79 Å². The lowest BCUT2D eigenvalue weighted by atomic mass is 9.97. The largest absolute Gasteiger partial charge is 0.355 e. The van der Waals surface area contributed by atoms with Gasteiger partial charge in [-0.15, -0.1) is 0 Å². The van der Waals surface area contributed by atoms with Crippen LogP contribution in [0.15, 0.2) is 18.2 Å². The fraction of sp³-hybridized carbons (Fsp3) is 0.364. The third-order valence-corrected chi connectivity index (χ3v) is 3.05. The maximum absolute atomic E-state index is 11.1. The first kappa shape index (κ1) is 10.5. The van der Waals surface area contributed by atoms with E-state index in [0.717, 1.165) is 11.1 Å². The predicted molar refractivity (Wildman–Crippen MR) is 59.7 cm³/mol. The second-order valence-electron chi connectivity index (χ2n) is 3.77. The quantitative estimate of drug-likeness (QED) is 0.798. The number of nitrogens with one attached hydrogen (secondary N) is 1. The molecule has 0 radical (unpaired) electrons. The number of amides is 1. The molecule has 0 bridgehead atoms. The Hall–Kier alpha value is -1.06. The van der Waals surface area contributed by atoms with Crippen molar-refractivity contribution in [2.45, 2.75) is 18.9 Å². The summed E-state index contributed by atoms with van der Waals surface area (Å²) in [6.07, 6.45) is 0.529. The van der Waals surface area contributed by atoms with Gasteiger partial charge in [0.15, 0.2) is 0 Å². The highest BCUT2D eigenvalue weighted by Crippen LogP contribution is 2.29. The molecule has 1 heterocycles. The highest BCUT2D eigenvalue weighted by atomic mass is 35.5. The monoisotopic (exact) mass is 224 g/mol. The van der Waals surface area contributed by atoms with Crippen molar-refractivity contribution in [2.75, 3.05) is 6.54 Å². The Kier molecular flexibility index (Phi) is 2.93. The van der Waals surface area contributed by atoms with Gasteiger partial charge in [-0.25, -0.2) is 0 Å². The van der Waals surface area contributed by atoms with E-state index < -0.39 is 0 Å². The van der Waals surface area contributed by atoms with Gasteiger partial charge in [-0.05, 0) is 17.2 Å². The van der Waals surface area contributed by atoms with Gasteiger partial charge in [-0.1, -0.05) is 23.7 Å². The van der Waals surface area contributed by atoms with Gasteiger partial charge in [0, 0.05) is 30.5 Å². The van der Waals surface area contributed by atoms with Gasteiger partial charge >= 0.3 is 0 Å². The SMILES string of the molecule is NCc1ccc(C2CNC(=O)C2)c(Cl)c1. The molecule has 80 valence electrons. The van der Waals surface area contributed by atoms with E-state index in [4.69, 9.17) is 17.3 Å². The highest BCUT2D eigenvalue weighted by molar-refractivity contribution is 6.31. The van der Waals surface area contributed by atoms with Crippen LogP contribution in [0.5, 0.6) is 0 Å². The van der Waals surface area contributed by atoms with Gasteiger partial charge in [0.25, 0.3) is 0 Å². The fourth-order valence-electron chi connectivity index (χ4n) is 1.85. The van der Waals surface area contributed by atoms with Crippen molar-refractivity contribution in [2.24, 2.45) is 5.73 Å². The summed E-state index contributed by atoms with van der Waals surface area (Å²) in [4.78, 5) is 11.1. The second kappa shape index (κ2) is 4.21. The summed E-state index contributed by atoms with van der Waals surface area (Å²) in [5, 5.41) is 3.51. The minimum Gasteiger partial charge on any atom is -0.355 e. The van der Waals surface area contributed by atoms with E-state index in [1.165, 1.54) is 0 Å². The topological polar surface area (TPSA) is 55.1 Å². The molecule has 1 amide bonds. The molecule has 1 fully saturated rings. The Labute approximate surface area is 93.6 Å². The molecule has 0 aromatic heterocycles. The number of carbonyl (C=O) groups is 1. The summed E-state index contributed by atoms with van der Waals surface area (Å²) in [6, 6.07) is 5.80. The molecule has 1 aliphatic rings. The normalized spacial score (nSPS) is 20.4. The third-order valence-electron chi connectivity index (χ3n) is 2.72. The van der Waals surface area contributed by atoms with Crippen LogP contribution in [0.1, 0.15) is 23.5 Å². The summed E-state index contributed by atoms with van der Waals surface area (Å²) in [5.74, 6) is 0.302. The molecule has 1 aromatic carbocycles. The van der Waals surface area contributed by atoms with E-state index in [-0.39, 0.29) is 11.8 Å². The van der Waals surface area contributed by atoms with Crippen molar-refractivity contribution in [3.05, 3.63) is 34.3 Å². The Morgan fingerprint density at radius 3 is 2.87 bits per heavy atom. The zero-order chi connectivity index (χ0) is 10.8. The molecule has 2 rings (SSSR count). The summed E-state index contributed by atoms with van der Waals surface area (Å²) < 4.78 is 0. The van der Waals surface area contributed by atoms with Crippen LogP contribution in [-0.2, 0) is 11.3 Å². The van der Waals surface area contributed by atoms with E-state index in [1.807, 2.05) is 18.2 Å². The second-order valence-corrected chi connectivity index (χ2v) is 4.17. The zero-order valence-electron chi connectivity index (χ0n) is 8.29. The molecule has 15 heavy (non-hydrogen) atoms. The van der Waals surface area contributed by atoms with Crippen LogP contribution < -0.4 is 11.1 Å². The lowest BCUT2D eigenvalue weighted by Gasteiger charge is -2.10. The maximum Gasteiger partial charge on any atom is 0.220 e. The predicted octanol–water partition coefficient (Wildman–Crippen LogP) is 1.40. The lowest BCUT2D eigenvalue weighted by Crippen LogP contribution is -2.13. The minimum absolute atomic E-state index is 0.0963. The number of nitrogens with two attached hydrogens (primary N) is 1. The number of carbonyl (C=O) groups excluding carboxylic acids is 1. The number of hydrogen-bond acceptors (Lipinski definition) is 2. The minimum atomic E-state index is 0.0963. The molecule has 0 spiro atoms. The highest BCUT2D eigenvalue weighted by Gasteiger charge is 2.24. The maximum atomic E-state index is 11.1. The smallest absolute Gasteiger partial charge is 0.220 e. The van der Waals surface area contributed by atoms with Crippen LogP contribution in [0.2, 0.25) is 5.02 Å². The number of hydrogen-bond donors (Lipinski definition) is 2. The molecule has 1 aromatic rings. The average molecular weight is 225 g/mol. The molecule has 4 heteroatoms. The van der Waals surface area contributed by atoms with Crippen LogP contribution in [-0.4, -0.2) is 12.5 Å². The Morgan fingerprint density at radius 1 is 1.53 bits per heavy atom. The Morgan fingerprint density at radius 2 is 2.33 bits per heavy atom.